The summed E-state index contributed by atoms with van der Waals surface area (Å²) < 4.78 is 47.1. The Bertz CT molecular complexity index is 823. The van der Waals surface area contributed by atoms with Gasteiger partial charge in [-0.25, -0.2) is 4.98 Å². The lowest BCUT2D eigenvalue weighted by atomic mass is 9.85. The number of carbonyl (C=O) groups excluding carboxylic acids is 1. The number of hydrogen-bond donors (Lipinski definition) is 2. The molecule has 3 rings (SSSR count). The van der Waals surface area contributed by atoms with E-state index in [2.05, 4.69) is 10.3 Å². The van der Waals surface area contributed by atoms with Crippen molar-refractivity contribution in [2.45, 2.75) is 11.7 Å². The van der Waals surface area contributed by atoms with Gasteiger partial charge in [-0.15, -0.1) is 0 Å². The van der Waals surface area contributed by atoms with Crippen LogP contribution >= 0.6 is 0 Å². The standard InChI is InChI=1S/C16H15F3N4O2/c1-23-12-7-13(25-2)21-8-11(12)22-15(14(23)24,16(17,18)19)9-3-5-10(20)6-4-9/h3-8,22H,20H2,1-2H3. The number of methoxy groups -OCH3 is 1. The minimum absolute atomic E-state index is 0.0667. The summed E-state index contributed by atoms with van der Waals surface area (Å²) in [6.45, 7) is 0. The number of nitrogens with two attached hydrogens (primary N) is 1. The van der Waals surface area contributed by atoms with Crippen LogP contribution in [0.1, 0.15) is 5.56 Å². The molecule has 9 heteroatoms. The quantitative estimate of drug-likeness (QED) is 0.812. The monoisotopic (exact) mass is 352 g/mol. The summed E-state index contributed by atoms with van der Waals surface area (Å²) in [7, 11) is 2.65. The van der Waals surface area contributed by atoms with Gasteiger partial charge >= 0.3 is 6.18 Å². The molecule has 1 aromatic heterocycles. The number of aromatic nitrogens is 1. The van der Waals surface area contributed by atoms with Crippen molar-refractivity contribution in [3.8, 4) is 5.88 Å². The molecule has 1 aliphatic rings. The molecule has 0 bridgehead atoms. The fraction of sp³-hybridized carbons (Fsp3) is 0.250. The first-order valence-corrected chi connectivity index (χ1v) is 7.24. The van der Waals surface area contributed by atoms with Crippen LogP contribution in [-0.4, -0.2) is 31.2 Å². The molecule has 25 heavy (non-hydrogen) atoms. The van der Waals surface area contributed by atoms with Gasteiger partial charge in [-0.3, -0.25) is 4.79 Å². The van der Waals surface area contributed by atoms with Crippen molar-refractivity contribution in [3.05, 3.63) is 42.1 Å². The molecule has 1 amide bonds. The van der Waals surface area contributed by atoms with E-state index < -0.39 is 17.6 Å². The van der Waals surface area contributed by atoms with Crippen LogP contribution < -0.4 is 20.7 Å². The zero-order valence-electron chi connectivity index (χ0n) is 13.4. The normalized spacial score (nSPS) is 20.0. The Labute approximate surface area is 141 Å². The number of alkyl halides is 3. The molecule has 1 aliphatic heterocycles. The fourth-order valence-corrected chi connectivity index (χ4v) is 2.81. The van der Waals surface area contributed by atoms with Crippen LogP contribution in [0.25, 0.3) is 0 Å². The van der Waals surface area contributed by atoms with Crippen molar-refractivity contribution in [1.29, 1.82) is 0 Å². The third kappa shape index (κ3) is 2.43. The zero-order valence-corrected chi connectivity index (χ0v) is 13.4. The van der Waals surface area contributed by atoms with Crippen molar-refractivity contribution in [2.75, 3.05) is 30.1 Å². The molecular weight excluding hydrogens is 337 g/mol. The number of nitrogen functional groups attached to an aromatic ring is 1. The highest BCUT2D eigenvalue weighted by Gasteiger charge is 2.64. The van der Waals surface area contributed by atoms with Gasteiger partial charge in [0.2, 0.25) is 11.4 Å². The zero-order chi connectivity index (χ0) is 18.4. The highest BCUT2D eigenvalue weighted by Crippen LogP contribution is 2.48. The molecule has 0 spiro atoms. The molecule has 1 aromatic carbocycles. The predicted molar refractivity (Wildman–Crippen MR) is 86.4 cm³/mol. The molecule has 2 heterocycles. The van der Waals surface area contributed by atoms with Gasteiger partial charge in [-0.1, -0.05) is 12.1 Å². The molecule has 0 fully saturated rings. The van der Waals surface area contributed by atoms with Crippen LogP contribution in [0.15, 0.2) is 36.5 Å². The topological polar surface area (TPSA) is 80.5 Å². The van der Waals surface area contributed by atoms with Gasteiger partial charge in [-0.2, -0.15) is 13.2 Å². The SMILES string of the molecule is COc1cc2c(cn1)NC(c1ccc(N)cc1)(C(F)(F)F)C(=O)N2C. The Morgan fingerprint density at radius 2 is 1.92 bits per heavy atom. The Morgan fingerprint density at radius 3 is 2.48 bits per heavy atom. The van der Waals surface area contributed by atoms with Gasteiger partial charge in [0.05, 0.1) is 24.7 Å². The van der Waals surface area contributed by atoms with Gasteiger partial charge in [0.1, 0.15) is 0 Å². The summed E-state index contributed by atoms with van der Waals surface area (Å²) in [5.74, 6) is -0.974. The van der Waals surface area contributed by atoms with Crippen LogP contribution in [0.3, 0.4) is 0 Å². The number of hydrogen-bond acceptors (Lipinski definition) is 5. The van der Waals surface area contributed by atoms with Crippen LogP contribution in [-0.2, 0) is 10.3 Å². The van der Waals surface area contributed by atoms with E-state index in [1.807, 2.05) is 0 Å². The van der Waals surface area contributed by atoms with E-state index in [0.717, 1.165) is 4.90 Å². The van der Waals surface area contributed by atoms with E-state index in [9.17, 15) is 18.0 Å². The number of benzene rings is 1. The van der Waals surface area contributed by atoms with Gasteiger partial charge in [0.25, 0.3) is 5.91 Å². The number of rotatable bonds is 2. The number of amides is 1. The van der Waals surface area contributed by atoms with E-state index in [4.69, 9.17) is 10.5 Å². The highest BCUT2D eigenvalue weighted by atomic mass is 19.4. The summed E-state index contributed by atoms with van der Waals surface area (Å²) in [6, 6.07) is 6.40. The third-order valence-electron chi connectivity index (χ3n) is 4.14. The van der Waals surface area contributed by atoms with Gasteiger partial charge in [-0.05, 0) is 17.7 Å². The first kappa shape index (κ1) is 16.9. The van der Waals surface area contributed by atoms with Crippen molar-refractivity contribution < 1.29 is 22.7 Å². The Hall–Kier alpha value is -2.97. The summed E-state index contributed by atoms with van der Waals surface area (Å²) in [5.41, 5.74) is 2.97. The second-order valence-corrected chi connectivity index (χ2v) is 5.60. The second kappa shape index (κ2) is 5.54. The Kier molecular flexibility index (Phi) is 3.74. The van der Waals surface area contributed by atoms with Crippen LogP contribution in [0.4, 0.5) is 30.2 Å². The first-order valence-electron chi connectivity index (χ1n) is 7.24. The second-order valence-electron chi connectivity index (χ2n) is 5.60. The summed E-state index contributed by atoms with van der Waals surface area (Å²) in [5, 5.41) is 2.34. The molecule has 0 radical (unpaired) electrons. The van der Waals surface area contributed by atoms with Crippen molar-refractivity contribution in [3.63, 3.8) is 0 Å². The number of anilines is 3. The molecular formula is C16H15F3N4O2. The molecule has 1 atom stereocenters. The van der Waals surface area contributed by atoms with E-state index >= 15 is 0 Å². The summed E-state index contributed by atoms with van der Waals surface area (Å²) in [4.78, 5) is 17.7. The highest BCUT2D eigenvalue weighted by molar-refractivity contribution is 6.08. The fourth-order valence-electron chi connectivity index (χ4n) is 2.81. The molecule has 0 saturated carbocycles. The van der Waals surface area contributed by atoms with Gasteiger partial charge in [0, 0.05) is 18.8 Å². The lowest BCUT2D eigenvalue weighted by molar-refractivity contribution is -0.187. The molecule has 0 aliphatic carbocycles. The lowest BCUT2D eigenvalue weighted by Gasteiger charge is -2.43. The van der Waals surface area contributed by atoms with Crippen molar-refractivity contribution in [1.82, 2.24) is 4.98 Å². The number of fused-ring (bicyclic) bond motifs is 1. The van der Waals surface area contributed by atoms with Gasteiger partial charge in [0.15, 0.2) is 0 Å². The average molecular weight is 352 g/mol. The minimum Gasteiger partial charge on any atom is -0.481 e. The molecule has 0 saturated heterocycles. The Morgan fingerprint density at radius 1 is 1.28 bits per heavy atom. The van der Waals surface area contributed by atoms with Crippen molar-refractivity contribution >= 4 is 23.0 Å². The molecule has 6 nitrogen and oxygen atoms in total. The number of pyridine rings is 1. The molecule has 2 aromatic rings. The van der Waals surface area contributed by atoms with E-state index in [1.165, 1.54) is 50.7 Å². The van der Waals surface area contributed by atoms with E-state index in [1.54, 1.807) is 0 Å². The number of carbonyl (C=O) groups is 1. The van der Waals surface area contributed by atoms with Crippen LogP contribution in [0, 0.1) is 0 Å². The van der Waals surface area contributed by atoms with E-state index in [0.29, 0.717) is 5.69 Å². The number of nitrogens with zero attached hydrogens (tertiary/aromatic N) is 2. The van der Waals surface area contributed by atoms with Crippen molar-refractivity contribution in [2.24, 2.45) is 0 Å². The van der Waals surface area contributed by atoms with Crippen LogP contribution in [0.5, 0.6) is 5.88 Å². The Balaban J connectivity index is 2.23. The summed E-state index contributed by atoms with van der Waals surface area (Å²) in [6.07, 6.45) is -3.69. The third-order valence-corrected chi connectivity index (χ3v) is 4.14. The van der Waals surface area contributed by atoms with Crippen LogP contribution in [0.2, 0.25) is 0 Å². The van der Waals surface area contributed by atoms with E-state index in [-0.39, 0.29) is 22.8 Å². The first-order chi connectivity index (χ1) is 11.7. The lowest BCUT2D eigenvalue weighted by Crippen LogP contribution is -2.62. The predicted octanol–water partition coefficient (Wildman–Crippen LogP) is 2.52. The molecule has 3 N–H and O–H groups in total. The molecule has 132 valence electrons. The number of likely N-dealkylation sites (N-methyl/N-ethyl adjacent to an activating group) is 1. The molecule has 1 unspecified atom stereocenters. The maximum Gasteiger partial charge on any atom is 0.424 e. The maximum absolute atomic E-state index is 14.1. The average Bonchev–Trinajstić information content (AvgIpc) is 2.57. The summed E-state index contributed by atoms with van der Waals surface area (Å²) >= 11 is 0. The maximum atomic E-state index is 14.1. The smallest absolute Gasteiger partial charge is 0.424 e. The largest absolute Gasteiger partial charge is 0.481 e. The van der Waals surface area contributed by atoms with Gasteiger partial charge < -0.3 is 20.7 Å². The number of ether oxygens (including phenoxy) is 1. The number of halogens is 3. The minimum atomic E-state index is -4.90. The number of nitrogens with one attached hydrogen (secondary N) is 1.